The summed E-state index contributed by atoms with van der Waals surface area (Å²) in [4.78, 5) is 0. The number of allylic oxidation sites excluding steroid dienone is 4. The van der Waals surface area contributed by atoms with Gasteiger partial charge in [0, 0.05) is 0 Å². The van der Waals surface area contributed by atoms with E-state index in [1.54, 1.807) is 0 Å². The average molecular weight is 191 g/mol. The van der Waals surface area contributed by atoms with Crippen molar-refractivity contribution in [3.05, 3.63) is 35.9 Å². The van der Waals surface area contributed by atoms with Gasteiger partial charge in [-0.05, 0) is 0 Å². The molecule has 1 aliphatic heterocycles. The molecule has 8 heavy (non-hydrogen) atoms. The first-order chi connectivity index (χ1) is 3.50. The van der Waals surface area contributed by atoms with Gasteiger partial charge in [-0.3, -0.25) is 0 Å². The van der Waals surface area contributed by atoms with E-state index in [2.05, 4.69) is 23.8 Å². The summed E-state index contributed by atoms with van der Waals surface area (Å²) in [6.45, 7) is 0. The highest BCUT2D eigenvalue weighted by Crippen LogP contribution is 2.14. The van der Waals surface area contributed by atoms with Crippen LogP contribution < -0.4 is 0 Å². The summed E-state index contributed by atoms with van der Waals surface area (Å²) in [7, 11) is 0.871. The zero-order valence-electron chi connectivity index (χ0n) is 4.37. The quantitative estimate of drug-likeness (QED) is 0.516. The number of hydrogen-bond acceptors (Lipinski definition) is 0. The van der Waals surface area contributed by atoms with Crippen LogP contribution in [0.25, 0.3) is 0 Å². The third-order valence-corrected chi connectivity index (χ3v) is 1.49. The Balaban J connectivity index is 0.000000490. The second-order valence-corrected chi connectivity index (χ2v) is 2.27. The molecule has 0 saturated heterocycles. The van der Waals surface area contributed by atoms with Crippen LogP contribution in [0, 0.1) is 0 Å². The van der Waals surface area contributed by atoms with E-state index in [0.717, 1.165) is 8.58 Å². The molecule has 1 rings (SSSR count). The number of hydrogen-bond donors (Lipinski definition) is 0. The molecular formula is C6H8BrP. The lowest BCUT2D eigenvalue weighted by Crippen LogP contribution is -1.38. The van der Waals surface area contributed by atoms with E-state index in [9.17, 15) is 0 Å². The van der Waals surface area contributed by atoms with Crippen LogP contribution in [0.1, 0.15) is 0 Å². The molecule has 0 aromatic carbocycles. The second-order valence-electron chi connectivity index (χ2n) is 1.27. The van der Waals surface area contributed by atoms with Gasteiger partial charge in [0.25, 0.3) is 0 Å². The number of rotatable bonds is 0. The highest BCUT2D eigenvalue weighted by atomic mass is 79.9. The summed E-state index contributed by atoms with van der Waals surface area (Å²) in [6.07, 6.45) is 8.21. The van der Waals surface area contributed by atoms with Gasteiger partial charge in [-0.15, -0.1) is 17.0 Å². The fourth-order valence-corrected chi connectivity index (χ4v) is 0.962. The van der Waals surface area contributed by atoms with Gasteiger partial charge < -0.3 is 0 Å². The molecule has 0 spiro atoms. The monoisotopic (exact) mass is 190 g/mol. The Labute approximate surface area is 61.9 Å². The molecule has 0 radical (unpaired) electrons. The molecule has 0 aliphatic carbocycles. The fourth-order valence-electron chi connectivity index (χ4n) is 0.406. The number of halogens is 1. The smallest absolute Gasteiger partial charge is 0.0593 e. The van der Waals surface area contributed by atoms with Crippen molar-refractivity contribution in [1.82, 2.24) is 0 Å². The lowest BCUT2D eigenvalue weighted by Gasteiger charge is -1.70. The molecule has 0 aromatic rings. The lowest BCUT2D eigenvalue weighted by molar-refractivity contribution is 1.98. The average Bonchev–Trinajstić information content (AvgIpc) is 1.90. The van der Waals surface area contributed by atoms with Crippen LogP contribution in [-0.2, 0) is 0 Å². The Kier molecular flexibility index (Phi) is 5.36. The predicted octanol–water partition coefficient (Wildman–Crippen LogP) is 2.84. The van der Waals surface area contributed by atoms with Gasteiger partial charge in [0.2, 0.25) is 0 Å². The summed E-state index contributed by atoms with van der Waals surface area (Å²) >= 11 is 0. The van der Waals surface area contributed by atoms with Crippen molar-refractivity contribution in [2.45, 2.75) is 0 Å². The summed E-state index contributed by atoms with van der Waals surface area (Å²) < 4.78 is 0. The Morgan fingerprint density at radius 3 is 1.75 bits per heavy atom. The Morgan fingerprint density at radius 1 is 0.750 bits per heavy atom. The Hall–Kier alpha value is 0.130. The topological polar surface area (TPSA) is 0 Å². The Bertz CT molecular complexity index is 110. The molecule has 2 heteroatoms. The lowest BCUT2D eigenvalue weighted by atomic mass is 10.5. The molecule has 0 bridgehead atoms. The largest absolute Gasteiger partial charge is 0.114 e. The normalized spacial score (nSPS) is 15.0. The van der Waals surface area contributed by atoms with Gasteiger partial charge in [-0.2, -0.15) is 0 Å². The molecule has 0 saturated carbocycles. The second kappa shape index (κ2) is 5.27. The summed E-state index contributed by atoms with van der Waals surface area (Å²) in [6, 6.07) is 0. The van der Waals surface area contributed by atoms with Crippen molar-refractivity contribution in [2.75, 3.05) is 0 Å². The van der Waals surface area contributed by atoms with Crippen molar-refractivity contribution in [3.8, 4) is 0 Å². The summed E-state index contributed by atoms with van der Waals surface area (Å²) in [5.74, 6) is 4.31. The SMILES string of the molecule is Br.C1=CC=CPC=C1. The van der Waals surface area contributed by atoms with Crippen LogP contribution in [0.4, 0.5) is 0 Å². The molecule has 0 aromatic heterocycles. The first-order valence-electron chi connectivity index (χ1n) is 2.24. The van der Waals surface area contributed by atoms with Gasteiger partial charge in [0.15, 0.2) is 0 Å². The van der Waals surface area contributed by atoms with E-state index in [-0.39, 0.29) is 17.0 Å². The third-order valence-electron chi connectivity index (χ3n) is 0.718. The van der Waals surface area contributed by atoms with E-state index >= 15 is 0 Å². The maximum atomic E-state index is 2.15. The van der Waals surface area contributed by atoms with Crippen molar-refractivity contribution >= 4 is 25.6 Å². The molecule has 0 nitrogen and oxygen atoms in total. The van der Waals surface area contributed by atoms with E-state index < -0.39 is 0 Å². The van der Waals surface area contributed by atoms with Crippen LogP contribution in [0.2, 0.25) is 0 Å². The van der Waals surface area contributed by atoms with E-state index in [0.29, 0.717) is 0 Å². The van der Waals surface area contributed by atoms with Gasteiger partial charge in [-0.1, -0.05) is 44.5 Å². The van der Waals surface area contributed by atoms with Gasteiger partial charge in [0.05, 0.1) is 0 Å². The highest BCUT2D eigenvalue weighted by Gasteiger charge is 1.70. The van der Waals surface area contributed by atoms with Crippen LogP contribution in [-0.4, -0.2) is 0 Å². The fraction of sp³-hybridized carbons (Fsp3) is 0. The minimum absolute atomic E-state index is 0. The van der Waals surface area contributed by atoms with Gasteiger partial charge in [0.1, 0.15) is 0 Å². The van der Waals surface area contributed by atoms with Crippen molar-refractivity contribution < 1.29 is 0 Å². The molecule has 0 unspecified atom stereocenters. The van der Waals surface area contributed by atoms with Crippen molar-refractivity contribution in [3.63, 3.8) is 0 Å². The minimum Gasteiger partial charge on any atom is -0.114 e. The van der Waals surface area contributed by atoms with Crippen LogP contribution in [0.3, 0.4) is 0 Å². The molecule has 1 heterocycles. The van der Waals surface area contributed by atoms with Gasteiger partial charge >= 0.3 is 0 Å². The maximum Gasteiger partial charge on any atom is -0.0593 e. The van der Waals surface area contributed by atoms with Crippen LogP contribution in [0.15, 0.2) is 35.9 Å². The van der Waals surface area contributed by atoms with Crippen molar-refractivity contribution in [2.24, 2.45) is 0 Å². The summed E-state index contributed by atoms with van der Waals surface area (Å²) in [5.41, 5.74) is 0. The molecule has 1 aliphatic rings. The third kappa shape index (κ3) is 3.17. The zero-order valence-corrected chi connectivity index (χ0v) is 7.09. The molecule has 0 atom stereocenters. The minimum atomic E-state index is 0. The first-order valence-corrected chi connectivity index (χ1v) is 3.40. The van der Waals surface area contributed by atoms with Crippen molar-refractivity contribution in [1.29, 1.82) is 0 Å². The zero-order chi connectivity index (χ0) is 4.95. The van der Waals surface area contributed by atoms with Crippen LogP contribution in [0.5, 0.6) is 0 Å². The molecule has 44 valence electrons. The molecule has 0 amide bonds. The maximum absolute atomic E-state index is 2.15. The summed E-state index contributed by atoms with van der Waals surface area (Å²) in [5, 5.41) is 0. The van der Waals surface area contributed by atoms with E-state index in [1.165, 1.54) is 0 Å². The molecular weight excluding hydrogens is 183 g/mol. The van der Waals surface area contributed by atoms with Gasteiger partial charge in [-0.25, -0.2) is 0 Å². The molecule has 0 N–H and O–H groups in total. The van der Waals surface area contributed by atoms with E-state index in [1.807, 2.05) is 12.2 Å². The first kappa shape index (κ1) is 8.13. The van der Waals surface area contributed by atoms with Crippen LogP contribution >= 0.6 is 25.6 Å². The highest BCUT2D eigenvalue weighted by molar-refractivity contribution is 8.93. The molecule has 0 fully saturated rings. The standard InChI is InChI=1S/C6H7P.BrH/c1-2-4-6-7-5-3-1;/h1-7H;1H. The Morgan fingerprint density at radius 2 is 1.25 bits per heavy atom. The predicted molar refractivity (Wildman–Crippen MR) is 46.1 cm³/mol. The van der Waals surface area contributed by atoms with E-state index in [4.69, 9.17) is 0 Å².